The zero-order valence-electron chi connectivity index (χ0n) is 30.6. The molecule has 7 aromatic carbocycles. The average molecular weight is 717 g/mol. The maximum atomic E-state index is 7.09. The molecule has 56 heavy (non-hydrogen) atoms. The molecule has 0 fully saturated rings. The van der Waals surface area contributed by atoms with Gasteiger partial charge in [0.15, 0.2) is 5.82 Å². The summed E-state index contributed by atoms with van der Waals surface area (Å²) in [5, 5.41) is 0. The Labute approximate surface area is 327 Å². The van der Waals surface area contributed by atoms with E-state index in [1.54, 1.807) is 0 Å². The van der Waals surface area contributed by atoms with Crippen LogP contribution in [-0.2, 0) is 5.41 Å². The SMILES string of the molecule is C1=CCC(c2cc(-c3ccccc3)nc(-c3ccccc3-c3cccc4c3Oc3ccccc3C43c4ccccc4-c4ccccc43)n2)C(c2ccccc2)=C1. The topological polar surface area (TPSA) is 35.0 Å². The van der Waals surface area contributed by atoms with Gasteiger partial charge in [0.05, 0.1) is 16.8 Å². The van der Waals surface area contributed by atoms with E-state index in [0.717, 1.165) is 62.7 Å². The number of fused-ring (bicyclic) bond motifs is 9. The number of para-hydroxylation sites is 2. The smallest absolute Gasteiger partial charge is 0.160 e. The van der Waals surface area contributed by atoms with Crippen LogP contribution < -0.4 is 4.74 Å². The summed E-state index contributed by atoms with van der Waals surface area (Å²) in [5.74, 6) is 2.49. The van der Waals surface area contributed by atoms with E-state index in [0.29, 0.717) is 5.82 Å². The third-order valence-corrected chi connectivity index (χ3v) is 11.8. The third kappa shape index (κ3) is 4.91. The van der Waals surface area contributed by atoms with Crippen molar-refractivity contribution in [3.05, 3.63) is 234 Å². The minimum absolute atomic E-state index is 0.0745. The van der Waals surface area contributed by atoms with E-state index in [9.17, 15) is 0 Å². The highest BCUT2D eigenvalue weighted by atomic mass is 16.5. The van der Waals surface area contributed by atoms with Crippen LogP contribution in [0.3, 0.4) is 0 Å². The molecule has 3 aliphatic rings. The highest BCUT2D eigenvalue weighted by Gasteiger charge is 2.51. The van der Waals surface area contributed by atoms with E-state index in [2.05, 4.69) is 200 Å². The molecule has 11 rings (SSSR count). The van der Waals surface area contributed by atoms with Gasteiger partial charge >= 0.3 is 0 Å². The molecular weight excluding hydrogens is 681 g/mol. The first-order chi connectivity index (χ1) is 27.8. The van der Waals surface area contributed by atoms with Crippen molar-refractivity contribution in [2.45, 2.75) is 17.8 Å². The Kier molecular flexibility index (Phi) is 7.53. The molecule has 1 unspecified atom stereocenters. The molecule has 1 aliphatic heterocycles. The first kappa shape index (κ1) is 32.3. The van der Waals surface area contributed by atoms with Crippen molar-refractivity contribution in [3.63, 3.8) is 0 Å². The van der Waals surface area contributed by atoms with Crippen LogP contribution in [0.4, 0.5) is 0 Å². The van der Waals surface area contributed by atoms with Gasteiger partial charge in [-0.1, -0.05) is 188 Å². The summed E-state index contributed by atoms with van der Waals surface area (Å²) >= 11 is 0. The lowest BCUT2D eigenvalue weighted by atomic mass is 9.65. The van der Waals surface area contributed by atoms with Gasteiger partial charge in [0, 0.05) is 33.7 Å². The number of aromatic nitrogens is 2. The summed E-state index contributed by atoms with van der Waals surface area (Å²) in [6.45, 7) is 0. The molecule has 0 N–H and O–H groups in total. The van der Waals surface area contributed by atoms with Crippen LogP contribution in [0.1, 0.15) is 45.8 Å². The quantitative estimate of drug-likeness (QED) is 0.178. The van der Waals surface area contributed by atoms with E-state index < -0.39 is 5.41 Å². The Morgan fingerprint density at radius 2 is 1.05 bits per heavy atom. The normalized spacial score (nSPS) is 15.6. The lowest BCUT2D eigenvalue weighted by molar-refractivity contribution is 0.438. The van der Waals surface area contributed by atoms with Crippen LogP contribution in [0.2, 0.25) is 0 Å². The van der Waals surface area contributed by atoms with Crippen LogP contribution in [0.5, 0.6) is 11.5 Å². The van der Waals surface area contributed by atoms with E-state index >= 15 is 0 Å². The second-order valence-electron chi connectivity index (χ2n) is 14.7. The first-order valence-electron chi connectivity index (χ1n) is 19.4. The van der Waals surface area contributed by atoms with Gasteiger partial charge in [-0.2, -0.15) is 0 Å². The Morgan fingerprint density at radius 1 is 0.482 bits per heavy atom. The maximum Gasteiger partial charge on any atom is 0.160 e. The summed E-state index contributed by atoms with van der Waals surface area (Å²) in [6.07, 6.45) is 7.51. The fourth-order valence-electron chi connectivity index (χ4n) is 9.36. The van der Waals surface area contributed by atoms with Crippen molar-refractivity contribution < 1.29 is 4.74 Å². The van der Waals surface area contributed by atoms with Crippen molar-refractivity contribution in [1.29, 1.82) is 0 Å². The zero-order valence-corrected chi connectivity index (χ0v) is 30.6. The number of rotatable bonds is 5. The fourth-order valence-corrected chi connectivity index (χ4v) is 9.36. The first-order valence-corrected chi connectivity index (χ1v) is 19.4. The largest absolute Gasteiger partial charge is 0.456 e. The van der Waals surface area contributed by atoms with Crippen molar-refractivity contribution in [2.24, 2.45) is 0 Å². The molecule has 0 saturated heterocycles. The van der Waals surface area contributed by atoms with Crippen LogP contribution in [-0.4, -0.2) is 9.97 Å². The molecule has 0 amide bonds. The van der Waals surface area contributed by atoms with Crippen molar-refractivity contribution in [2.75, 3.05) is 0 Å². The third-order valence-electron chi connectivity index (χ3n) is 11.8. The molecule has 0 bridgehead atoms. The summed E-state index contributed by atoms with van der Waals surface area (Å²) in [5.41, 5.74) is 15.2. The van der Waals surface area contributed by atoms with E-state index in [1.165, 1.54) is 33.4 Å². The summed E-state index contributed by atoms with van der Waals surface area (Å²) in [6, 6.07) is 64.8. The van der Waals surface area contributed by atoms with Gasteiger partial charge in [-0.3, -0.25) is 0 Å². The summed E-state index contributed by atoms with van der Waals surface area (Å²) in [7, 11) is 0. The number of allylic oxidation sites excluding steroid dienone is 4. The van der Waals surface area contributed by atoms with Gasteiger partial charge in [0.1, 0.15) is 11.5 Å². The Balaban J connectivity index is 1.13. The number of ether oxygens (including phenoxy) is 1. The molecule has 3 nitrogen and oxygen atoms in total. The molecule has 8 aromatic rings. The lowest BCUT2D eigenvalue weighted by Crippen LogP contribution is -2.32. The van der Waals surface area contributed by atoms with Gasteiger partial charge in [0.2, 0.25) is 0 Å². The monoisotopic (exact) mass is 716 g/mol. The second-order valence-corrected chi connectivity index (χ2v) is 14.7. The van der Waals surface area contributed by atoms with Crippen LogP contribution in [0.25, 0.3) is 50.5 Å². The molecule has 1 atom stereocenters. The van der Waals surface area contributed by atoms with Crippen molar-refractivity contribution in [3.8, 4) is 56.4 Å². The molecule has 0 radical (unpaired) electrons. The highest BCUT2D eigenvalue weighted by Crippen LogP contribution is 2.63. The minimum Gasteiger partial charge on any atom is -0.456 e. The lowest BCUT2D eigenvalue weighted by Gasteiger charge is -2.40. The maximum absolute atomic E-state index is 7.09. The number of hydrogen-bond donors (Lipinski definition) is 0. The molecule has 3 heteroatoms. The predicted octanol–water partition coefficient (Wildman–Crippen LogP) is 13.1. The van der Waals surface area contributed by atoms with Gasteiger partial charge in [0.25, 0.3) is 0 Å². The van der Waals surface area contributed by atoms with E-state index in [4.69, 9.17) is 14.7 Å². The second kappa shape index (κ2) is 13.0. The molecule has 264 valence electrons. The minimum atomic E-state index is -0.548. The molecule has 1 spiro atoms. The molecule has 2 heterocycles. The number of benzene rings is 7. The van der Waals surface area contributed by atoms with E-state index in [-0.39, 0.29) is 5.92 Å². The average Bonchev–Trinajstić information content (AvgIpc) is 3.57. The summed E-state index contributed by atoms with van der Waals surface area (Å²) < 4.78 is 7.09. The van der Waals surface area contributed by atoms with Gasteiger partial charge in [-0.15, -0.1) is 0 Å². The molecular formula is C53H36N2O. The van der Waals surface area contributed by atoms with E-state index in [1.807, 2.05) is 0 Å². The Morgan fingerprint density at radius 3 is 1.79 bits per heavy atom. The van der Waals surface area contributed by atoms with Gasteiger partial charge < -0.3 is 4.74 Å². The molecule has 2 aliphatic carbocycles. The predicted molar refractivity (Wildman–Crippen MR) is 227 cm³/mol. The van der Waals surface area contributed by atoms with Crippen molar-refractivity contribution in [1.82, 2.24) is 9.97 Å². The van der Waals surface area contributed by atoms with Crippen molar-refractivity contribution >= 4 is 5.57 Å². The van der Waals surface area contributed by atoms with Crippen LogP contribution in [0.15, 0.2) is 200 Å². The molecule has 1 aromatic heterocycles. The van der Waals surface area contributed by atoms with Gasteiger partial charge in [-0.05, 0) is 57.5 Å². The number of nitrogens with zero attached hydrogens (tertiary/aromatic N) is 2. The zero-order chi connectivity index (χ0) is 37.1. The summed E-state index contributed by atoms with van der Waals surface area (Å²) in [4.78, 5) is 10.8. The standard InChI is InChI=1S/C53H36N2O/c1-3-18-35(19-4-1)37-22-7-9-26-41(37)49-34-48(36-20-5-2-6-21-36)54-52(55-49)43-27-10-8-23-38(43)42-28-17-32-47-51(42)56-50-33-16-15-31-46(50)53(47)44-29-13-11-24-39(44)40-25-12-14-30-45(40)53/h1-25,27-34,41H,26H2. The van der Waals surface area contributed by atoms with Gasteiger partial charge in [-0.25, -0.2) is 9.97 Å². The van der Waals surface area contributed by atoms with Crippen LogP contribution in [0, 0.1) is 0 Å². The fraction of sp³-hybridized carbons (Fsp3) is 0.0566. The Bertz CT molecular complexity index is 2830. The number of hydrogen-bond acceptors (Lipinski definition) is 3. The Hall–Kier alpha value is -7.10. The highest BCUT2D eigenvalue weighted by molar-refractivity contribution is 5.92. The molecule has 0 saturated carbocycles. The van der Waals surface area contributed by atoms with Crippen LogP contribution >= 0.6 is 0 Å².